The number of para-hydroxylation sites is 1. The van der Waals surface area contributed by atoms with Crippen LogP contribution in [0.4, 0.5) is 8.78 Å². The Labute approximate surface area is 116 Å². The quantitative estimate of drug-likeness (QED) is 0.861. The minimum atomic E-state index is -3.59. The highest BCUT2D eigenvalue weighted by Gasteiger charge is 2.45. The van der Waals surface area contributed by atoms with Crippen LogP contribution in [-0.4, -0.2) is 37.4 Å². The SMILES string of the molecule is C=C[C@@H](c1cccc2c1OC(F)(F)O2)N1CCNCC1. The molecule has 4 nitrogen and oxygen atoms in total. The zero-order valence-corrected chi connectivity index (χ0v) is 10.9. The predicted molar refractivity (Wildman–Crippen MR) is 70.0 cm³/mol. The van der Waals surface area contributed by atoms with Crippen molar-refractivity contribution in [2.24, 2.45) is 0 Å². The smallest absolute Gasteiger partial charge is 0.395 e. The van der Waals surface area contributed by atoms with E-state index in [1.54, 1.807) is 18.2 Å². The molecule has 2 aliphatic rings. The molecule has 1 N–H and O–H groups in total. The maximum Gasteiger partial charge on any atom is 0.586 e. The van der Waals surface area contributed by atoms with Crippen LogP contribution in [0.2, 0.25) is 0 Å². The van der Waals surface area contributed by atoms with Crippen molar-refractivity contribution in [2.45, 2.75) is 12.3 Å². The number of hydrogen-bond acceptors (Lipinski definition) is 4. The minimum Gasteiger partial charge on any atom is -0.395 e. The minimum absolute atomic E-state index is 0.0782. The van der Waals surface area contributed by atoms with Gasteiger partial charge < -0.3 is 14.8 Å². The van der Waals surface area contributed by atoms with Gasteiger partial charge in [-0.3, -0.25) is 4.90 Å². The summed E-state index contributed by atoms with van der Waals surface area (Å²) in [7, 11) is 0. The fourth-order valence-corrected chi connectivity index (χ4v) is 2.66. The second-order valence-corrected chi connectivity index (χ2v) is 4.81. The number of ether oxygens (including phenoxy) is 2. The maximum atomic E-state index is 13.2. The number of nitrogens with zero attached hydrogens (tertiary/aromatic N) is 1. The summed E-state index contributed by atoms with van der Waals surface area (Å²) in [5, 5.41) is 3.26. The Morgan fingerprint density at radius 2 is 2.05 bits per heavy atom. The highest BCUT2D eigenvalue weighted by molar-refractivity contribution is 5.51. The first-order valence-corrected chi connectivity index (χ1v) is 6.57. The van der Waals surface area contributed by atoms with Crippen LogP contribution in [0.25, 0.3) is 0 Å². The van der Waals surface area contributed by atoms with Gasteiger partial charge in [0.25, 0.3) is 0 Å². The van der Waals surface area contributed by atoms with Gasteiger partial charge in [-0.25, -0.2) is 0 Å². The molecule has 6 heteroatoms. The fraction of sp³-hybridized carbons (Fsp3) is 0.429. The Kier molecular flexibility index (Phi) is 3.35. The molecule has 0 spiro atoms. The fourth-order valence-electron chi connectivity index (χ4n) is 2.66. The number of alkyl halides is 2. The molecule has 0 aromatic heterocycles. The second-order valence-electron chi connectivity index (χ2n) is 4.81. The molecule has 1 saturated heterocycles. The van der Waals surface area contributed by atoms with Crippen LogP contribution in [0.1, 0.15) is 11.6 Å². The van der Waals surface area contributed by atoms with E-state index >= 15 is 0 Å². The number of piperazine rings is 1. The van der Waals surface area contributed by atoms with Crippen LogP contribution in [-0.2, 0) is 0 Å². The highest BCUT2D eigenvalue weighted by Crippen LogP contribution is 2.46. The van der Waals surface area contributed by atoms with Gasteiger partial charge in [-0.1, -0.05) is 18.2 Å². The Bertz CT molecular complexity index is 516. The van der Waals surface area contributed by atoms with Gasteiger partial charge in [0.2, 0.25) is 0 Å². The van der Waals surface area contributed by atoms with Crippen LogP contribution >= 0.6 is 0 Å². The number of hydrogen-bond donors (Lipinski definition) is 1. The van der Waals surface area contributed by atoms with E-state index in [0.717, 1.165) is 26.2 Å². The van der Waals surface area contributed by atoms with Crippen molar-refractivity contribution in [3.63, 3.8) is 0 Å². The van der Waals surface area contributed by atoms with Crippen LogP contribution in [0.5, 0.6) is 11.5 Å². The Morgan fingerprint density at radius 3 is 2.75 bits per heavy atom. The van der Waals surface area contributed by atoms with E-state index in [1.807, 2.05) is 0 Å². The van der Waals surface area contributed by atoms with E-state index in [4.69, 9.17) is 0 Å². The van der Waals surface area contributed by atoms with Crippen LogP contribution in [0.15, 0.2) is 30.9 Å². The molecule has 2 heterocycles. The van der Waals surface area contributed by atoms with E-state index in [0.29, 0.717) is 5.56 Å². The normalized spacial score (nSPS) is 22.5. The summed E-state index contributed by atoms with van der Waals surface area (Å²) in [4.78, 5) is 2.18. The molecule has 20 heavy (non-hydrogen) atoms. The van der Waals surface area contributed by atoms with Crippen LogP contribution in [0.3, 0.4) is 0 Å². The lowest BCUT2D eigenvalue weighted by Crippen LogP contribution is -2.44. The van der Waals surface area contributed by atoms with Gasteiger partial charge in [0.1, 0.15) is 0 Å². The van der Waals surface area contributed by atoms with Crippen molar-refractivity contribution in [1.29, 1.82) is 0 Å². The largest absolute Gasteiger partial charge is 0.586 e. The highest BCUT2D eigenvalue weighted by atomic mass is 19.3. The van der Waals surface area contributed by atoms with Crippen molar-refractivity contribution in [2.75, 3.05) is 26.2 Å². The van der Waals surface area contributed by atoms with Crippen LogP contribution < -0.4 is 14.8 Å². The molecule has 3 rings (SSSR count). The Hall–Kier alpha value is -1.66. The second kappa shape index (κ2) is 5.03. The topological polar surface area (TPSA) is 33.7 Å². The van der Waals surface area contributed by atoms with Gasteiger partial charge in [0.05, 0.1) is 6.04 Å². The third-order valence-electron chi connectivity index (χ3n) is 3.55. The van der Waals surface area contributed by atoms with Crippen molar-refractivity contribution < 1.29 is 18.3 Å². The van der Waals surface area contributed by atoms with Gasteiger partial charge in [0, 0.05) is 31.7 Å². The summed E-state index contributed by atoms with van der Waals surface area (Å²) in [6.45, 7) is 7.23. The first kappa shape index (κ1) is 13.3. The molecule has 0 aliphatic carbocycles. The number of nitrogens with one attached hydrogen (secondary N) is 1. The molecule has 108 valence electrons. The molecule has 2 aliphatic heterocycles. The zero-order chi connectivity index (χ0) is 14.2. The van der Waals surface area contributed by atoms with E-state index in [1.165, 1.54) is 6.07 Å². The Morgan fingerprint density at radius 1 is 1.30 bits per heavy atom. The molecule has 1 fully saturated rings. The third kappa shape index (κ3) is 2.36. The molecule has 0 bridgehead atoms. The van der Waals surface area contributed by atoms with Crippen molar-refractivity contribution in [1.82, 2.24) is 10.2 Å². The first-order valence-electron chi connectivity index (χ1n) is 6.57. The lowest BCUT2D eigenvalue weighted by atomic mass is 10.0. The van der Waals surface area contributed by atoms with Crippen LogP contribution in [0, 0.1) is 0 Å². The Balaban J connectivity index is 1.93. The summed E-state index contributed by atoms with van der Waals surface area (Å²) in [6, 6.07) is 4.79. The average molecular weight is 282 g/mol. The van der Waals surface area contributed by atoms with E-state index in [-0.39, 0.29) is 17.5 Å². The molecular formula is C14H16F2N2O2. The van der Waals surface area contributed by atoms with Crippen molar-refractivity contribution in [3.05, 3.63) is 36.4 Å². The third-order valence-corrected chi connectivity index (χ3v) is 3.55. The average Bonchev–Trinajstić information content (AvgIpc) is 2.75. The van der Waals surface area contributed by atoms with Gasteiger partial charge in [-0.2, -0.15) is 0 Å². The standard InChI is InChI=1S/C14H16F2N2O2/c1-2-11(18-8-6-17-7-9-18)10-4-3-5-12-13(10)20-14(15,16)19-12/h2-5,11,17H,1,6-9H2/t11-/m0/s1. The summed E-state index contributed by atoms with van der Waals surface area (Å²) < 4.78 is 35.6. The number of fused-ring (bicyclic) bond motifs is 1. The van der Waals surface area contributed by atoms with Gasteiger partial charge in [0.15, 0.2) is 11.5 Å². The molecule has 1 aromatic rings. The van der Waals surface area contributed by atoms with Crippen molar-refractivity contribution in [3.8, 4) is 11.5 Å². The molecule has 1 atom stereocenters. The van der Waals surface area contributed by atoms with E-state index in [9.17, 15) is 8.78 Å². The molecule has 0 saturated carbocycles. The molecule has 0 radical (unpaired) electrons. The molecule has 0 amide bonds. The monoisotopic (exact) mass is 282 g/mol. The maximum absolute atomic E-state index is 13.2. The van der Waals surface area contributed by atoms with E-state index < -0.39 is 6.29 Å². The first-order chi connectivity index (χ1) is 9.61. The summed E-state index contributed by atoms with van der Waals surface area (Å²) in [6.07, 6.45) is -1.84. The predicted octanol–water partition coefficient (Wildman–Crippen LogP) is 2.14. The summed E-state index contributed by atoms with van der Waals surface area (Å²) in [5.74, 6) is 0.190. The molecular weight excluding hydrogens is 266 g/mol. The van der Waals surface area contributed by atoms with Gasteiger partial charge in [-0.05, 0) is 6.07 Å². The molecule has 1 aromatic carbocycles. The number of halogens is 2. The zero-order valence-electron chi connectivity index (χ0n) is 10.9. The van der Waals surface area contributed by atoms with Crippen molar-refractivity contribution >= 4 is 0 Å². The van der Waals surface area contributed by atoms with Gasteiger partial charge in [-0.15, -0.1) is 15.4 Å². The summed E-state index contributed by atoms with van der Waals surface area (Å²) >= 11 is 0. The van der Waals surface area contributed by atoms with Gasteiger partial charge >= 0.3 is 6.29 Å². The van der Waals surface area contributed by atoms with E-state index in [2.05, 4.69) is 26.3 Å². The lowest BCUT2D eigenvalue weighted by Gasteiger charge is -2.33. The molecule has 0 unspecified atom stereocenters. The number of rotatable bonds is 3. The number of benzene rings is 1. The summed E-state index contributed by atoms with van der Waals surface area (Å²) in [5.41, 5.74) is 0.663. The lowest BCUT2D eigenvalue weighted by molar-refractivity contribution is -0.287.